The number of carbonyl (C=O) groups is 1. The Labute approximate surface area is 323 Å². The molecule has 1 saturated heterocycles. The SMILES string of the molecule is CCOc1cc(OC(C)C)cc(-n2cc(C(=O)N(CC)c3cc(F)cc(F)c3)c(=O)c3ccc(OCCCCCCC[N+]4(C)CCCCC4)cc32)c1.[Br-]. The van der Waals surface area contributed by atoms with Crippen LogP contribution in [0.15, 0.2) is 65.6 Å². The summed E-state index contributed by atoms with van der Waals surface area (Å²) >= 11 is 0. The molecule has 0 unspecified atom stereocenters. The predicted molar refractivity (Wildman–Crippen MR) is 203 cm³/mol. The summed E-state index contributed by atoms with van der Waals surface area (Å²) in [6.45, 7) is 12.3. The van der Waals surface area contributed by atoms with Gasteiger partial charge in [-0.05, 0) is 90.5 Å². The maximum absolute atomic E-state index is 14.2. The summed E-state index contributed by atoms with van der Waals surface area (Å²) in [5, 5.41) is 0.290. The highest BCUT2D eigenvalue weighted by atomic mass is 79.9. The molecular formula is C42H54BrF2N3O5. The fraction of sp³-hybridized carbons (Fsp3) is 0.476. The van der Waals surface area contributed by atoms with E-state index >= 15 is 0 Å². The van der Waals surface area contributed by atoms with Gasteiger partial charge >= 0.3 is 0 Å². The molecule has 1 amide bonds. The summed E-state index contributed by atoms with van der Waals surface area (Å²) in [6, 6.07) is 13.5. The molecule has 0 N–H and O–H groups in total. The summed E-state index contributed by atoms with van der Waals surface area (Å²) in [6.07, 6.45) is 11.1. The molecule has 5 rings (SSSR count). The third kappa shape index (κ3) is 11.0. The van der Waals surface area contributed by atoms with E-state index in [0.29, 0.717) is 41.7 Å². The van der Waals surface area contributed by atoms with E-state index in [-0.39, 0.29) is 46.3 Å². The first-order valence-corrected chi connectivity index (χ1v) is 18.9. The molecule has 0 aliphatic carbocycles. The van der Waals surface area contributed by atoms with Gasteiger partial charge in [0.1, 0.15) is 34.4 Å². The number of fused-ring (bicyclic) bond motifs is 1. The fourth-order valence-corrected chi connectivity index (χ4v) is 7.15. The largest absolute Gasteiger partial charge is 1.00 e. The molecule has 0 spiro atoms. The minimum absolute atomic E-state index is 0. The van der Waals surface area contributed by atoms with Crippen molar-refractivity contribution < 1.29 is 49.3 Å². The molecule has 1 aliphatic rings. The maximum Gasteiger partial charge on any atom is 0.263 e. The van der Waals surface area contributed by atoms with Crippen molar-refractivity contribution in [1.29, 1.82) is 0 Å². The molecule has 0 atom stereocenters. The monoisotopic (exact) mass is 797 g/mol. The number of piperidine rings is 1. The molecule has 1 aromatic heterocycles. The lowest BCUT2D eigenvalue weighted by Gasteiger charge is -2.37. The van der Waals surface area contributed by atoms with E-state index in [1.165, 1.54) is 73.7 Å². The van der Waals surface area contributed by atoms with Gasteiger partial charge in [0.25, 0.3) is 5.91 Å². The average molecular weight is 799 g/mol. The minimum atomic E-state index is -0.821. The number of likely N-dealkylation sites (tertiary alicyclic amines) is 1. The van der Waals surface area contributed by atoms with Gasteiger partial charge in [-0.15, -0.1) is 0 Å². The van der Waals surface area contributed by atoms with Gasteiger partial charge < -0.3 is 45.1 Å². The zero-order chi connectivity index (χ0) is 37.3. The van der Waals surface area contributed by atoms with E-state index in [1.807, 2.05) is 39.0 Å². The molecule has 3 aromatic carbocycles. The number of aromatic nitrogens is 1. The number of carbonyl (C=O) groups excluding carboxylic acids is 1. The molecule has 0 radical (unpaired) electrons. The first-order valence-electron chi connectivity index (χ1n) is 18.9. The van der Waals surface area contributed by atoms with Crippen LogP contribution in [0.3, 0.4) is 0 Å². The normalized spacial score (nSPS) is 13.8. The van der Waals surface area contributed by atoms with Gasteiger partial charge in [0.05, 0.1) is 57.2 Å². The number of quaternary nitrogens is 1. The Balaban J connectivity index is 0.00000627. The summed E-state index contributed by atoms with van der Waals surface area (Å²) < 4.78 is 49.5. The van der Waals surface area contributed by atoms with Crippen LogP contribution in [0, 0.1) is 11.6 Å². The van der Waals surface area contributed by atoms with Crippen LogP contribution in [0.1, 0.15) is 89.4 Å². The fourth-order valence-electron chi connectivity index (χ4n) is 7.15. The first kappa shape index (κ1) is 41.8. The van der Waals surface area contributed by atoms with Crippen molar-refractivity contribution in [2.45, 2.75) is 85.2 Å². The van der Waals surface area contributed by atoms with Crippen LogP contribution >= 0.6 is 0 Å². The molecule has 0 bridgehead atoms. The van der Waals surface area contributed by atoms with E-state index in [9.17, 15) is 18.4 Å². The number of nitrogens with zero attached hydrogens (tertiary/aromatic N) is 3. The third-order valence-corrected chi connectivity index (χ3v) is 9.76. The molecule has 288 valence electrons. The summed E-state index contributed by atoms with van der Waals surface area (Å²) in [7, 11) is 2.40. The highest BCUT2D eigenvalue weighted by Gasteiger charge is 2.25. The Kier molecular flexibility index (Phi) is 15.3. The topological polar surface area (TPSA) is 70.0 Å². The van der Waals surface area contributed by atoms with E-state index in [0.717, 1.165) is 31.0 Å². The van der Waals surface area contributed by atoms with Gasteiger partial charge in [0.2, 0.25) is 5.43 Å². The van der Waals surface area contributed by atoms with Crippen LogP contribution in [0.4, 0.5) is 14.5 Å². The predicted octanol–water partition coefficient (Wildman–Crippen LogP) is 6.09. The molecule has 1 aliphatic heterocycles. The number of pyridine rings is 1. The number of unbranched alkanes of at least 4 members (excludes halogenated alkanes) is 4. The van der Waals surface area contributed by atoms with Crippen molar-refractivity contribution in [3.05, 3.63) is 88.2 Å². The van der Waals surface area contributed by atoms with E-state index < -0.39 is 23.0 Å². The molecular weight excluding hydrogens is 744 g/mol. The highest BCUT2D eigenvalue weighted by molar-refractivity contribution is 6.07. The van der Waals surface area contributed by atoms with Gasteiger partial charge in [-0.2, -0.15) is 0 Å². The van der Waals surface area contributed by atoms with Crippen LogP contribution in [0.2, 0.25) is 0 Å². The average Bonchev–Trinajstić information content (AvgIpc) is 3.09. The standard InChI is InChI=1S/C42H54F2N3O5.BrH/c1-6-45(33-23-31(43)22-32(44)24-33)42(49)39-29-46(34-25-36(50-7-2)27-37(26-34)52-30(3)4)40-28-35(16-17-38(40)41(39)48)51-21-15-10-8-9-12-18-47(5)19-13-11-14-20-47;/h16-17,22-30H,6-15,18-21H2,1-5H3;1H/q+1;/p-1. The second-order valence-electron chi connectivity index (χ2n) is 14.3. The van der Waals surface area contributed by atoms with Crippen molar-refractivity contribution >= 4 is 22.5 Å². The van der Waals surface area contributed by atoms with Crippen molar-refractivity contribution in [2.75, 3.05) is 51.3 Å². The Bertz CT molecular complexity index is 1870. The number of hydrogen-bond donors (Lipinski definition) is 0. The van der Waals surface area contributed by atoms with Gasteiger partial charge in [0.15, 0.2) is 0 Å². The zero-order valence-corrected chi connectivity index (χ0v) is 33.4. The lowest BCUT2D eigenvalue weighted by molar-refractivity contribution is -0.914. The van der Waals surface area contributed by atoms with Crippen LogP contribution in [-0.4, -0.2) is 67.5 Å². The quantitative estimate of drug-likeness (QED) is 0.0958. The third-order valence-electron chi connectivity index (χ3n) is 9.76. The molecule has 4 aromatic rings. The van der Waals surface area contributed by atoms with Gasteiger partial charge in [-0.1, -0.05) is 12.8 Å². The molecule has 2 heterocycles. The Morgan fingerprint density at radius 3 is 2.21 bits per heavy atom. The smallest absolute Gasteiger partial charge is 0.263 e. The number of anilines is 1. The van der Waals surface area contributed by atoms with Crippen molar-refractivity contribution in [3.63, 3.8) is 0 Å². The summed E-state index contributed by atoms with van der Waals surface area (Å²) in [5.41, 5.74) is 0.481. The number of benzene rings is 3. The molecule has 1 fully saturated rings. The minimum Gasteiger partial charge on any atom is -1.00 e. The molecule has 0 saturated carbocycles. The first-order chi connectivity index (χ1) is 25.0. The second kappa shape index (κ2) is 19.4. The Morgan fingerprint density at radius 2 is 1.53 bits per heavy atom. The van der Waals surface area contributed by atoms with Crippen molar-refractivity contribution in [3.8, 4) is 22.9 Å². The Hall–Kier alpha value is -3.96. The lowest BCUT2D eigenvalue weighted by atomic mass is 10.1. The molecule has 8 nitrogen and oxygen atoms in total. The van der Waals surface area contributed by atoms with E-state index in [1.54, 1.807) is 29.7 Å². The maximum atomic E-state index is 14.2. The highest BCUT2D eigenvalue weighted by Crippen LogP contribution is 2.30. The Morgan fingerprint density at radius 1 is 0.849 bits per heavy atom. The zero-order valence-electron chi connectivity index (χ0n) is 31.8. The van der Waals surface area contributed by atoms with Crippen LogP contribution in [0.5, 0.6) is 17.2 Å². The number of amides is 1. The van der Waals surface area contributed by atoms with E-state index in [2.05, 4.69) is 7.05 Å². The van der Waals surface area contributed by atoms with Crippen LogP contribution in [0.25, 0.3) is 16.6 Å². The number of halogens is 3. The second-order valence-corrected chi connectivity index (χ2v) is 14.3. The van der Waals surface area contributed by atoms with E-state index in [4.69, 9.17) is 14.2 Å². The van der Waals surface area contributed by atoms with Crippen molar-refractivity contribution in [2.24, 2.45) is 0 Å². The lowest BCUT2D eigenvalue weighted by Crippen LogP contribution is -3.00. The van der Waals surface area contributed by atoms with Gasteiger partial charge in [-0.3, -0.25) is 9.59 Å². The van der Waals surface area contributed by atoms with Gasteiger partial charge in [0, 0.05) is 54.1 Å². The molecule has 53 heavy (non-hydrogen) atoms. The number of ether oxygens (including phenoxy) is 3. The summed E-state index contributed by atoms with van der Waals surface area (Å²) in [5.74, 6) is -0.607. The van der Waals surface area contributed by atoms with Crippen molar-refractivity contribution in [1.82, 2.24) is 4.57 Å². The molecule has 11 heteroatoms. The number of rotatable bonds is 17. The summed E-state index contributed by atoms with van der Waals surface area (Å²) in [4.78, 5) is 29.3. The van der Waals surface area contributed by atoms with Crippen LogP contribution in [-0.2, 0) is 0 Å². The van der Waals surface area contributed by atoms with Gasteiger partial charge in [-0.25, -0.2) is 8.78 Å². The van der Waals surface area contributed by atoms with Crippen LogP contribution < -0.4 is 41.5 Å². The number of hydrogen-bond acceptors (Lipinski definition) is 5.